The van der Waals surface area contributed by atoms with E-state index in [-0.39, 0.29) is 5.91 Å². The molecule has 0 unspecified atom stereocenters. The molecular formula is C20H21N3O2. The first-order chi connectivity index (χ1) is 12.2. The van der Waals surface area contributed by atoms with Crippen LogP contribution in [0, 0.1) is 6.92 Å². The molecule has 128 valence electrons. The Morgan fingerprint density at radius 2 is 1.96 bits per heavy atom. The van der Waals surface area contributed by atoms with Crippen LogP contribution >= 0.6 is 0 Å². The summed E-state index contributed by atoms with van der Waals surface area (Å²) in [4.78, 5) is 12.3. The first-order valence-corrected chi connectivity index (χ1v) is 8.20. The molecule has 0 atom stereocenters. The first kappa shape index (κ1) is 16.8. The average Bonchev–Trinajstić information content (AvgIpc) is 3.01. The molecular weight excluding hydrogens is 314 g/mol. The van der Waals surface area contributed by atoms with Gasteiger partial charge in [0.05, 0.1) is 7.11 Å². The highest BCUT2D eigenvalue weighted by molar-refractivity contribution is 5.94. The number of ether oxygens (including phenoxy) is 1. The molecule has 25 heavy (non-hydrogen) atoms. The van der Waals surface area contributed by atoms with Gasteiger partial charge in [0, 0.05) is 17.7 Å². The van der Waals surface area contributed by atoms with E-state index in [0.717, 1.165) is 28.1 Å². The summed E-state index contributed by atoms with van der Waals surface area (Å²) >= 11 is 0. The summed E-state index contributed by atoms with van der Waals surface area (Å²) in [6.07, 6.45) is 1.03. The molecule has 0 radical (unpaired) electrons. The topological polar surface area (TPSA) is 67.0 Å². The third-order valence-electron chi connectivity index (χ3n) is 4.04. The number of aromatic amines is 1. The van der Waals surface area contributed by atoms with Crippen LogP contribution in [0.5, 0.6) is 5.75 Å². The molecule has 0 aliphatic carbocycles. The van der Waals surface area contributed by atoms with Crippen LogP contribution in [-0.4, -0.2) is 23.2 Å². The van der Waals surface area contributed by atoms with E-state index in [1.165, 1.54) is 0 Å². The van der Waals surface area contributed by atoms with E-state index in [4.69, 9.17) is 4.74 Å². The molecule has 3 aromatic rings. The lowest BCUT2D eigenvalue weighted by Crippen LogP contribution is -2.13. The van der Waals surface area contributed by atoms with Crippen LogP contribution in [0.3, 0.4) is 0 Å². The molecule has 0 spiro atoms. The highest BCUT2D eigenvalue weighted by atomic mass is 16.5. The van der Waals surface area contributed by atoms with Crippen molar-refractivity contribution in [1.29, 1.82) is 0 Å². The zero-order valence-corrected chi connectivity index (χ0v) is 14.4. The van der Waals surface area contributed by atoms with Crippen LogP contribution in [0.2, 0.25) is 0 Å². The number of hydrogen-bond acceptors (Lipinski definition) is 3. The maximum atomic E-state index is 12.3. The van der Waals surface area contributed by atoms with Crippen LogP contribution < -0.4 is 10.1 Å². The number of aromatic nitrogens is 2. The third-order valence-corrected chi connectivity index (χ3v) is 4.04. The number of rotatable bonds is 6. The van der Waals surface area contributed by atoms with Crippen molar-refractivity contribution in [3.8, 4) is 16.9 Å². The van der Waals surface area contributed by atoms with E-state index in [2.05, 4.69) is 15.5 Å². The smallest absolute Gasteiger partial charge is 0.225 e. The fourth-order valence-corrected chi connectivity index (χ4v) is 2.76. The normalized spacial score (nSPS) is 10.5. The molecule has 2 N–H and O–H groups in total. The quantitative estimate of drug-likeness (QED) is 0.716. The van der Waals surface area contributed by atoms with E-state index in [1.807, 2.05) is 61.5 Å². The van der Waals surface area contributed by atoms with Crippen molar-refractivity contribution in [3.05, 3.63) is 65.9 Å². The fourth-order valence-electron chi connectivity index (χ4n) is 2.76. The first-order valence-electron chi connectivity index (χ1n) is 8.20. The predicted octanol–water partition coefficient (Wildman–Crippen LogP) is 3.97. The molecule has 1 aromatic heterocycles. The summed E-state index contributed by atoms with van der Waals surface area (Å²) in [5.41, 5.74) is 3.94. The number of carbonyl (C=O) groups excluding carboxylic acids is 1. The van der Waals surface area contributed by atoms with Gasteiger partial charge in [-0.2, -0.15) is 5.10 Å². The second-order valence-electron chi connectivity index (χ2n) is 5.84. The standard InChI is InChI=1S/C20H21N3O2/c1-14-19(16-8-4-3-5-9-16)20(23-22-14)21-18(24)12-11-15-7-6-10-17(13-15)25-2/h3-10,13H,11-12H2,1-2H3,(H2,21,22,23,24). The molecule has 0 bridgehead atoms. The SMILES string of the molecule is COc1cccc(CCC(=O)Nc2n[nH]c(C)c2-c2ccccc2)c1. The van der Waals surface area contributed by atoms with Crippen LogP contribution in [-0.2, 0) is 11.2 Å². The third kappa shape index (κ3) is 4.07. The highest BCUT2D eigenvalue weighted by Crippen LogP contribution is 2.29. The lowest BCUT2D eigenvalue weighted by atomic mass is 10.1. The summed E-state index contributed by atoms with van der Waals surface area (Å²) in [5.74, 6) is 1.30. The van der Waals surface area contributed by atoms with E-state index >= 15 is 0 Å². The molecule has 0 fully saturated rings. The summed E-state index contributed by atoms with van der Waals surface area (Å²) in [7, 11) is 1.64. The van der Waals surface area contributed by atoms with Crippen LogP contribution in [0.15, 0.2) is 54.6 Å². The number of nitrogens with one attached hydrogen (secondary N) is 2. The molecule has 0 saturated carbocycles. The van der Waals surface area contributed by atoms with Gasteiger partial charge < -0.3 is 10.1 Å². The molecule has 1 amide bonds. The van der Waals surface area contributed by atoms with Gasteiger partial charge in [-0.05, 0) is 36.6 Å². The maximum absolute atomic E-state index is 12.3. The predicted molar refractivity (Wildman–Crippen MR) is 98.7 cm³/mol. The summed E-state index contributed by atoms with van der Waals surface area (Å²) in [5, 5.41) is 10.1. The Morgan fingerprint density at radius 3 is 2.72 bits per heavy atom. The molecule has 0 aliphatic heterocycles. The van der Waals surface area contributed by atoms with E-state index in [1.54, 1.807) is 7.11 Å². The Balaban J connectivity index is 1.68. The van der Waals surface area contributed by atoms with Gasteiger partial charge in [-0.15, -0.1) is 0 Å². The van der Waals surface area contributed by atoms with Crippen molar-refractivity contribution in [2.45, 2.75) is 19.8 Å². The molecule has 2 aromatic carbocycles. The molecule has 0 aliphatic rings. The van der Waals surface area contributed by atoms with Crippen molar-refractivity contribution >= 4 is 11.7 Å². The van der Waals surface area contributed by atoms with Gasteiger partial charge in [-0.25, -0.2) is 0 Å². The number of benzene rings is 2. The zero-order chi connectivity index (χ0) is 17.6. The number of carbonyl (C=O) groups is 1. The van der Waals surface area contributed by atoms with Gasteiger partial charge in [0.1, 0.15) is 5.75 Å². The summed E-state index contributed by atoms with van der Waals surface area (Å²) < 4.78 is 5.21. The van der Waals surface area contributed by atoms with E-state index < -0.39 is 0 Å². The summed E-state index contributed by atoms with van der Waals surface area (Å²) in [6, 6.07) is 17.7. The zero-order valence-electron chi connectivity index (χ0n) is 14.4. The van der Waals surface area contributed by atoms with Gasteiger partial charge >= 0.3 is 0 Å². The minimum atomic E-state index is -0.0634. The molecule has 3 rings (SSSR count). The van der Waals surface area contributed by atoms with E-state index in [0.29, 0.717) is 18.7 Å². The Kier molecular flexibility index (Phi) is 5.14. The van der Waals surface area contributed by atoms with Crippen molar-refractivity contribution < 1.29 is 9.53 Å². The number of methoxy groups -OCH3 is 1. The minimum Gasteiger partial charge on any atom is -0.497 e. The second kappa shape index (κ2) is 7.66. The number of amides is 1. The van der Waals surface area contributed by atoms with Gasteiger partial charge in [-0.3, -0.25) is 9.89 Å². The van der Waals surface area contributed by atoms with Gasteiger partial charge in [0.2, 0.25) is 5.91 Å². The Hall–Kier alpha value is -3.08. The van der Waals surface area contributed by atoms with E-state index in [9.17, 15) is 4.79 Å². The average molecular weight is 335 g/mol. The second-order valence-corrected chi connectivity index (χ2v) is 5.84. The van der Waals surface area contributed by atoms with Crippen molar-refractivity contribution in [3.63, 3.8) is 0 Å². The van der Waals surface area contributed by atoms with Crippen molar-refractivity contribution in [2.75, 3.05) is 12.4 Å². The van der Waals surface area contributed by atoms with Crippen molar-refractivity contribution in [2.24, 2.45) is 0 Å². The number of anilines is 1. The Morgan fingerprint density at radius 1 is 1.16 bits per heavy atom. The molecule has 0 saturated heterocycles. The van der Waals surface area contributed by atoms with Crippen LogP contribution in [0.4, 0.5) is 5.82 Å². The van der Waals surface area contributed by atoms with Crippen molar-refractivity contribution in [1.82, 2.24) is 10.2 Å². The monoisotopic (exact) mass is 335 g/mol. The van der Waals surface area contributed by atoms with Crippen LogP contribution in [0.1, 0.15) is 17.7 Å². The summed E-state index contributed by atoms with van der Waals surface area (Å²) in [6.45, 7) is 1.95. The van der Waals surface area contributed by atoms with Crippen LogP contribution in [0.25, 0.3) is 11.1 Å². The number of H-pyrrole nitrogens is 1. The highest BCUT2D eigenvalue weighted by Gasteiger charge is 2.14. The Bertz CT molecular complexity index is 856. The number of nitrogens with zero attached hydrogens (tertiary/aromatic N) is 1. The van der Waals surface area contributed by atoms with Gasteiger partial charge in [0.25, 0.3) is 0 Å². The maximum Gasteiger partial charge on any atom is 0.225 e. The minimum absolute atomic E-state index is 0.0634. The van der Waals surface area contributed by atoms with Gasteiger partial charge in [0.15, 0.2) is 5.82 Å². The number of aryl methyl sites for hydroxylation is 2. The molecule has 5 nitrogen and oxygen atoms in total. The molecule has 1 heterocycles. The lowest BCUT2D eigenvalue weighted by molar-refractivity contribution is -0.116. The number of hydrogen-bond donors (Lipinski definition) is 2. The molecule has 5 heteroatoms. The lowest BCUT2D eigenvalue weighted by Gasteiger charge is -2.07. The largest absolute Gasteiger partial charge is 0.497 e. The van der Waals surface area contributed by atoms with Gasteiger partial charge in [-0.1, -0.05) is 42.5 Å². The fraction of sp³-hybridized carbons (Fsp3) is 0.200. The Labute approximate surface area is 147 Å².